The minimum atomic E-state index is 0. The molecule has 32 valence electrons. The van der Waals surface area contributed by atoms with Crippen molar-refractivity contribution in [2.24, 2.45) is 0 Å². The first-order chi connectivity index (χ1) is 0. The van der Waals surface area contributed by atoms with Crippen molar-refractivity contribution < 1.29 is 40.5 Å². The van der Waals surface area contributed by atoms with Crippen molar-refractivity contribution in [2.75, 3.05) is 0 Å². The molecular weight excluding hydrogens is 427 g/mol. The van der Waals surface area contributed by atoms with Gasteiger partial charge in [0.05, 0.1) is 0 Å². The molecule has 0 fully saturated rings. The van der Waals surface area contributed by atoms with Crippen LogP contribution in [0, 0.1) is 0 Å². The summed E-state index contributed by atoms with van der Waals surface area (Å²) in [6, 6.07) is 0. The standard InChI is InChI=1S/CH4.Pt.Ru.Sn.2H/h1H4;;;;;. The number of hydrogen-bond donors (Lipinski definition) is 0. The van der Waals surface area contributed by atoms with E-state index in [4.69, 9.17) is 0 Å². The molecule has 0 aliphatic carbocycles. The van der Waals surface area contributed by atoms with E-state index in [0.717, 1.165) is 0 Å². The molecule has 0 aliphatic rings. The predicted octanol–water partition coefficient (Wildman–Crippen LogP) is -0.285. The van der Waals surface area contributed by atoms with Crippen molar-refractivity contribution in [3.8, 4) is 0 Å². The van der Waals surface area contributed by atoms with E-state index in [1.54, 1.807) is 0 Å². The average Bonchev–Trinajstić information content (AvgIpc) is 0. The molecule has 0 aromatic heterocycles. The van der Waals surface area contributed by atoms with Gasteiger partial charge in [-0.1, -0.05) is 7.43 Å². The fourth-order valence-electron chi connectivity index (χ4n) is 0. The van der Waals surface area contributed by atoms with E-state index >= 15 is 0 Å². The monoisotopic (exact) mass is 435 g/mol. The summed E-state index contributed by atoms with van der Waals surface area (Å²) < 4.78 is 0. The molecule has 0 heterocycles. The quantitative estimate of drug-likeness (QED) is 0.462. The van der Waals surface area contributed by atoms with E-state index in [1.165, 1.54) is 0 Å². The van der Waals surface area contributed by atoms with Crippen LogP contribution >= 0.6 is 0 Å². The van der Waals surface area contributed by atoms with Crippen molar-refractivity contribution >= 4 is 23.9 Å². The summed E-state index contributed by atoms with van der Waals surface area (Å²) >= 11 is 0. The molecule has 0 aliphatic heterocycles. The van der Waals surface area contributed by atoms with E-state index in [2.05, 4.69) is 0 Å². The van der Waals surface area contributed by atoms with Crippen LogP contribution in [0.15, 0.2) is 0 Å². The molecule has 4 heavy (non-hydrogen) atoms. The van der Waals surface area contributed by atoms with Gasteiger partial charge < -0.3 is 0 Å². The molecule has 0 amide bonds. The van der Waals surface area contributed by atoms with Crippen LogP contribution in [0.25, 0.3) is 0 Å². The summed E-state index contributed by atoms with van der Waals surface area (Å²) in [7, 11) is 0. The summed E-state index contributed by atoms with van der Waals surface area (Å²) in [6.07, 6.45) is 0. The Bertz CT molecular complexity index is 8.00. The Hall–Kier alpha value is 2.11. The van der Waals surface area contributed by atoms with Crippen molar-refractivity contribution in [1.82, 2.24) is 0 Å². The molecule has 0 saturated carbocycles. The van der Waals surface area contributed by atoms with Gasteiger partial charge in [-0.15, -0.1) is 0 Å². The van der Waals surface area contributed by atoms with Gasteiger partial charge >= 0.3 is 23.9 Å². The van der Waals surface area contributed by atoms with Crippen LogP contribution < -0.4 is 0 Å². The van der Waals surface area contributed by atoms with E-state index in [9.17, 15) is 0 Å². The van der Waals surface area contributed by atoms with Crippen LogP contribution in [0.1, 0.15) is 7.43 Å². The first-order valence-electron chi connectivity index (χ1n) is 0. The summed E-state index contributed by atoms with van der Waals surface area (Å²) in [5, 5.41) is 0. The van der Waals surface area contributed by atoms with Crippen molar-refractivity contribution in [2.45, 2.75) is 7.43 Å². The zero-order valence-electron chi connectivity index (χ0n) is 1.38. The predicted molar refractivity (Wildman–Crippen MR) is 15.3 cm³/mol. The van der Waals surface area contributed by atoms with Gasteiger partial charge in [0, 0.05) is 40.5 Å². The van der Waals surface area contributed by atoms with Gasteiger partial charge in [0.2, 0.25) is 0 Å². The Morgan fingerprint density at radius 2 is 1.00 bits per heavy atom. The fraction of sp³-hybridized carbons (Fsp3) is 1.00. The molecule has 0 nitrogen and oxygen atoms in total. The second-order valence-electron chi connectivity index (χ2n) is 0. The van der Waals surface area contributed by atoms with Crippen LogP contribution in [0.5, 0.6) is 0 Å². The Labute approximate surface area is 71.1 Å². The van der Waals surface area contributed by atoms with Gasteiger partial charge in [-0.05, 0) is 0 Å². The maximum atomic E-state index is 0. The van der Waals surface area contributed by atoms with Crippen LogP contribution in [-0.4, -0.2) is 23.9 Å². The molecule has 0 aromatic rings. The van der Waals surface area contributed by atoms with E-state index in [-0.39, 0.29) is 71.9 Å². The van der Waals surface area contributed by atoms with Crippen LogP contribution in [-0.2, 0) is 40.5 Å². The van der Waals surface area contributed by atoms with Crippen LogP contribution in [0.2, 0.25) is 0 Å². The SMILES string of the molecule is C.[Pt].[Ru].[SnH2]. The van der Waals surface area contributed by atoms with Gasteiger partial charge in [0.1, 0.15) is 0 Å². The molecule has 0 rings (SSSR count). The normalized spacial score (nSPS) is 0. The van der Waals surface area contributed by atoms with Gasteiger partial charge in [-0.25, -0.2) is 0 Å². The van der Waals surface area contributed by atoms with Crippen LogP contribution in [0.4, 0.5) is 0 Å². The minimum absolute atomic E-state index is 0. The number of rotatable bonds is 0. The first-order valence-corrected chi connectivity index (χ1v) is 0. The molecule has 3 heteroatoms. The molecule has 0 spiro atoms. The fourth-order valence-corrected chi connectivity index (χ4v) is 0. The van der Waals surface area contributed by atoms with E-state index in [0.29, 0.717) is 0 Å². The van der Waals surface area contributed by atoms with Gasteiger partial charge in [-0.2, -0.15) is 0 Å². The molecule has 0 bridgehead atoms. The first kappa shape index (κ1) is 35.8. The van der Waals surface area contributed by atoms with E-state index in [1.807, 2.05) is 0 Å². The van der Waals surface area contributed by atoms with E-state index < -0.39 is 0 Å². The van der Waals surface area contributed by atoms with Crippen molar-refractivity contribution in [3.63, 3.8) is 0 Å². The Morgan fingerprint density at radius 1 is 1.00 bits per heavy atom. The molecule has 2 radical (unpaired) electrons. The Morgan fingerprint density at radius 3 is 1.00 bits per heavy atom. The third kappa shape index (κ3) is 8.93. The van der Waals surface area contributed by atoms with Crippen LogP contribution in [0.3, 0.4) is 0 Å². The topological polar surface area (TPSA) is 0 Å². The molecule has 0 atom stereocenters. The van der Waals surface area contributed by atoms with Crippen molar-refractivity contribution in [3.05, 3.63) is 0 Å². The Balaban J connectivity index is 0. The van der Waals surface area contributed by atoms with Gasteiger partial charge in [0.25, 0.3) is 0 Å². The van der Waals surface area contributed by atoms with Gasteiger partial charge in [-0.3, -0.25) is 0 Å². The summed E-state index contributed by atoms with van der Waals surface area (Å²) in [5.74, 6) is 0. The van der Waals surface area contributed by atoms with Crippen molar-refractivity contribution in [1.29, 1.82) is 0 Å². The molecular formula is CH6PtRuSn. The third-order valence-electron chi connectivity index (χ3n) is 0. The average molecular weight is 433 g/mol. The maximum absolute atomic E-state index is 0. The zero-order chi connectivity index (χ0) is 0. The summed E-state index contributed by atoms with van der Waals surface area (Å²) in [6.45, 7) is 0. The molecule has 0 N–H and O–H groups in total. The zero-order valence-corrected chi connectivity index (χ0v) is 9.42. The molecule has 0 saturated heterocycles. The summed E-state index contributed by atoms with van der Waals surface area (Å²) in [4.78, 5) is 0. The Kier molecular flexibility index (Phi) is 174. The summed E-state index contributed by atoms with van der Waals surface area (Å²) in [5.41, 5.74) is 0. The third-order valence-corrected chi connectivity index (χ3v) is 0. The second kappa shape index (κ2) is 19.4. The molecule has 0 aromatic carbocycles. The second-order valence-corrected chi connectivity index (χ2v) is 0. The van der Waals surface area contributed by atoms with Gasteiger partial charge in [0.15, 0.2) is 0 Å². The molecule has 0 unspecified atom stereocenters. The number of hydrogen-bond acceptors (Lipinski definition) is 0.